The number of carbonyl (C=O) groups excluding carboxylic acids is 3. The number of Topliss-reactive ketones (excluding diaryl/α,β-unsaturated/α-hetero) is 1. The second-order valence-electron chi connectivity index (χ2n) is 8.57. The number of benzene rings is 1. The van der Waals surface area contributed by atoms with Crippen LogP contribution in [0.5, 0.6) is 0 Å². The van der Waals surface area contributed by atoms with E-state index in [4.69, 9.17) is 4.42 Å². The molecule has 1 aliphatic heterocycles. The molecule has 0 fully saturated rings. The molecule has 2 atom stereocenters. The molecule has 2 aromatic rings. The van der Waals surface area contributed by atoms with Gasteiger partial charge in [0, 0.05) is 19.4 Å². The first-order valence-corrected chi connectivity index (χ1v) is 12.8. The van der Waals surface area contributed by atoms with Crippen molar-refractivity contribution in [2.45, 2.75) is 62.9 Å². The fourth-order valence-corrected chi connectivity index (χ4v) is 5.05. The molecule has 0 saturated carbocycles. The Morgan fingerprint density at radius 3 is 2.59 bits per heavy atom. The summed E-state index contributed by atoms with van der Waals surface area (Å²) < 4.78 is 33.5. The first-order chi connectivity index (χ1) is 16.2. The summed E-state index contributed by atoms with van der Waals surface area (Å²) in [5, 5.41) is 5.17. The predicted octanol–water partition coefficient (Wildman–Crippen LogP) is 1.12. The fraction of sp³-hybridized carbons (Fsp3) is 0.478. The van der Waals surface area contributed by atoms with Crippen LogP contribution < -0.4 is 15.4 Å². The maximum atomic E-state index is 13.2. The number of aromatic nitrogens is 1. The van der Waals surface area contributed by atoms with Crippen molar-refractivity contribution in [3.8, 4) is 0 Å². The summed E-state index contributed by atoms with van der Waals surface area (Å²) in [6.07, 6.45) is 4.25. The van der Waals surface area contributed by atoms with Gasteiger partial charge in [-0.1, -0.05) is 38.5 Å². The van der Waals surface area contributed by atoms with Gasteiger partial charge >= 0.3 is 0 Å². The third-order valence-corrected chi connectivity index (χ3v) is 7.09. The minimum absolute atomic E-state index is 0.0159. The van der Waals surface area contributed by atoms with Crippen LogP contribution in [0.15, 0.2) is 46.0 Å². The average molecular weight is 491 g/mol. The van der Waals surface area contributed by atoms with Crippen LogP contribution >= 0.6 is 0 Å². The molecule has 1 aliphatic rings. The molecule has 2 heterocycles. The number of sulfonamides is 1. The maximum Gasteiger partial charge on any atom is 0.289 e. The summed E-state index contributed by atoms with van der Waals surface area (Å²) in [6.45, 7) is 3.71. The van der Waals surface area contributed by atoms with Gasteiger partial charge in [0.1, 0.15) is 17.8 Å². The number of amides is 2. The van der Waals surface area contributed by atoms with Gasteiger partial charge in [-0.25, -0.2) is 13.4 Å². The number of ketones is 1. The van der Waals surface area contributed by atoms with Crippen LogP contribution in [0.1, 0.15) is 44.6 Å². The van der Waals surface area contributed by atoms with Gasteiger partial charge in [0.15, 0.2) is 6.39 Å². The number of hydrogen-bond donors (Lipinski definition) is 3. The van der Waals surface area contributed by atoms with Crippen LogP contribution in [0.4, 0.5) is 0 Å². The van der Waals surface area contributed by atoms with Gasteiger partial charge in [0.25, 0.3) is 5.91 Å². The molecule has 0 spiro atoms. The topological polar surface area (TPSA) is 147 Å². The van der Waals surface area contributed by atoms with E-state index in [-0.39, 0.29) is 11.3 Å². The molecule has 1 aromatic carbocycles. The Bertz CT molecular complexity index is 1110. The smallest absolute Gasteiger partial charge is 0.289 e. The highest BCUT2D eigenvalue weighted by Crippen LogP contribution is 2.16. The lowest BCUT2D eigenvalue weighted by molar-refractivity contribution is -0.140. The second kappa shape index (κ2) is 11.4. The van der Waals surface area contributed by atoms with E-state index in [0.717, 1.165) is 12.8 Å². The first kappa shape index (κ1) is 25.6. The molecule has 0 saturated heterocycles. The number of nitrogens with zero attached hydrogens (tertiary/aromatic N) is 1. The quantitative estimate of drug-likeness (QED) is 0.514. The zero-order valence-corrected chi connectivity index (χ0v) is 20.1. The van der Waals surface area contributed by atoms with Crippen LogP contribution in [-0.4, -0.2) is 49.6 Å². The van der Waals surface area contributed by atoms with Gasteiger partial charge in [-0.05, 0) is 30.9 Å². The Labute approximate surface area is 199 Å². The van der Waals surface area contributed by atoms with Gasteiger partial charge in [0.2, 0.25) is 21.7 Å². The van der Waals surface area contributed by atoms with E-state index in [2.05, 4.69) is 20.3 Å². The second-order valence-corrected chi connectivity index (χ2v) is 10.3. The predicted molar refractivity (Wildman–Crippen MR) is 123 cm³/mol. The van der Waals surface area contributed by atoms with E-state index in [1.807, 2.05) is 0 Å². The molecule has 3 N–H and O–H groups in total. The Morgan fingerprint density at radius 2 is 1.88 bits per heavy atom. The lowest BCUT2D eigenvalue weighted by atomic mass is 10.00. The molecule has 10 nitrogen and oxygen atoms in total. The standard InChI is InChI=1S/C23H30N4O6S/c1-15(2)20(27-34(31,32)16-9-5-3-6-10-16)22(29)26-18-13-17-19(33-14-25-17)11-7-4-8-12-24-23(30)21(18)28/h3,5-6,9-10,14-15,18,20,27H,4,7-8,11-13H2,1-2H3,(H,24,30)(H,26,29). The molecule has 184 valence electrons. The number of rotatable bonds is 6. The van der Waals surface area contributed by atoms with Crippen molar-refractivity contribution in [1.29, 1.82) is 0 Å². The molecule has 2 amide bonds. The fourth-order valence-electron chi connectivity index (χ4n) is 3.69. The largest absolute Gasteiger partial charge is 0.448 e. The molecule has 1 aromatic heterocycles. The third kappa shape index (κ3) is 6.51. The Kier molecular flexibility index (Phi) is 8.56. The SMILES string of the molecule is CC(C)C(NS(=O)(=O)c1ccccc1)C(=O)NC1Cc2ncoc2CCCCCNC(=O)C1=O. The van der Waals surface area contributed by atoms with Crippen LogP contribution in [0.2, 0.25) is 0 Å². The number of nitrogens with one attached hydrogen (secondary N) is 3. The van der Waals surface area contributed by atoms with Crippen molar-refractivity contribution in [2.75, 3.05) is 6.54 Å². The van der Waals surface area contributed by atoms with Crippen LogP contribution in [0.25, 0.3) is 0 Å². The summed E-state index contributed by atoms with van der Waals surface area (Å²) in [6, 6.07) is 5.30. The Balaban J connectivity index is 1.83. The van der Waals surface area contributed by atoms with Crippen molar-refractivity contribution >= 4 is 27.6 Å². The molecule has 0 aliphatic carbocycles. The Hall–Kier alpha value is -3.05. The van der Waals surface area contributed by atoms with E-state index >= 15 is 0 Å². The maximum absolute atomic E-state index is 13.2. The van der Waals surface area contributed by atoms with Crippen LogP contribution in [0.3, 0.4) is 0 Å². The number of aryl methyl sites for hydroxylation is 1. The van der Waals surface area contributed by atoms with Crippen molar-refractivity contribution in [3.63, 3.8) is 0 Å². The van der Waals surface area contributed by atoms with Crippen molar-refractivity contribution in [2.24, 2.45) is 5.92 Å². The van der Waals surface area contributed by atoms with Crippen LogP contribution in [0, 0.1) is 5.92 Å². The van der Waals surface area contributed by atoms with Crippen molar-refractivity contribution in [1.82, 2.24) is 20.3 Å². The summed E-state index contributed by atoms with van der Waals surface area (Å²) >= 11 is 0. The monoisotopic (exact) mass is 490 g/mol. The summed E-state index contributed by atoms with van der Waals surface area (Å²) in [4.78, 5) is 42.7. The van der Waals surface area contributed by atoms with Gasteiger partial charge in [-0.2, -0.15) is 4.72 Å². The van der Waals surface area contributed by atoms with E-state index in [0.29, 0.717) is 30.8 Å². The molecular weight excluding hydrogens is 460 g/mol. The van der Waals surface area contributed by atoms with Crippen molar-refractivity contribution in [3.05, 3.63) is 48.2 Å². The Morgan fingerprint density at radius 1 is 1.15 bits per heavy atom. The zero-order valence-electron chi connectivity index (χ0n) is 19.2. The molecule has 11 heteroatoms. The number of hydrogen-bond acceptors (Lipinski definition) is 7. The zero-order chi connectivity index (χ0) is 24.7. The number of oxazole rings is 1. The highest BCUT2D eigenvalue weighted by molar-refractivity contribution is 7.89. The molecule has 34 heavy (non-hydrogen) atoms. The van der Waals surface area contributed by atoms with E-state index in [1.54, 1.807) is 32.0 Å². The van der Waals surface area contributed by atoms with Gasteiger partial charge in [-0.3, -0.25) is 14.4 Å². The average Bonchev–Trinajstić information content (AvgIpc) is 3.25. The highest BCUT2D eigenvalue weighted by Gasteiger charge is 2.34. The van der Waals surface area contributed by atoms with E-state index in [1.165, 1.54) is 18.5 Å². The molecule has 0 bridgehead atoms. The van der Waals surface area contributed by atoms with Gasteiger partial charge in [-0.15, -0.1) is 0 Å². The third-order valence-electron chi connectivity index (χ3n) is 5.63. The van der Waals surface area contributed by atoms with Crippen molar-refractivity contribution < 1.29 is 27.2 Å². The number of fused-ring (bicyclic) bond motifs is 1. The molecule has 3 rings (SSSR count). The van der Waals surface area contributed by atoms with Crippen LogP contribution in [-0.2, 0) is 37.2 Å². The number of carbonyl (C=O) groups is 3. The molecule has 0 radical (unpaired) electrons. The minimum Gasteiger partial charge on any atom is -0.448 e. The highest BCUT2D eigenvalue weighted by atomic mass is 32.2. The normalized spacial score (nSPS) is 18.9. The first-order valence-electron chi connectivity index (χ1n) is 11.3. The van der Waals surface area contributed by atoms with E-state index < -0.39 is 45.6 Å². The van der Waals surface area contributed by atoms with Gasteiger partial charge in [0.05, 0.1) is 10.6 Å². The van der Waals surface area contributed by atoms with E-state index in [9.17, 15) is 22.8 Å². The summed E-state index contributed by atoms with van der Waals surface area (Å²) in [5.74, 6) is -2.16. The lowest BCUT2D eigenvalue weighted by Gasteiger charge is -2.25. The summed E-state index contributed by atoms with van der Waals surface area (Å²) in [5.41, 5.74) is 0.484. The lowest BCUT2D eigenvalue weighted by Crippen LogP contribution is -2.56. The minimum atomic E-state index is -3.99. The molecular formula is C23H30N4O6S. The van der Waals surface area contributed by atoms with Gasteiger partial charge < -0.3 is 15.1 Å². The summed E-state index contributed by atoms with van der Waals surface area (Å²) in [7, 11) is -3.99. The molecule has 2 unspecified atom stereocenters.